The van der Waals surface area contributed by atoms with Crippen LogP contribution in [0.15, 0.2) is 18.2 Å². The van der Waals surface area contributed by atoms with Crippen molar-refractivity contribution in [3.63, 3.8) is 0 Å². The van der Waals surface area contributed by atoms with E-state index < -0.39 is 12.1 Å². The Kier molecular flexibility index (Phi) is 5.65. The lowest BCUT2D eigenvalue weighted by Crippen LogP contribution is -2.21. The highest BCUT2D eigenvalue weighted by Crippen LogP contribution is 2.29. The van der Waals surface area contributed by atoms with Crippen LogP contribution in [0.5, 0.6) is 5.75 Å². The lowest BCUT2D eigenvalue weighted by molar-refractivity contribution is 0.0671. The molecule has 5 heteroatoms. The number of hydrogen-bond acceptors (Lipinski definition) is 3. The Balaban J connectivity index is 1.91. The summed E-state index contributed by atoms with van der Waals surface area (Å²) in [6, 6.07) is 5.01. The molecule has 2 rings (SSSR count). The lowest BCUT2D eigenvalue weighted by atomic mass is 10.0. The molecule has 0 amide bonds. The van der Waals surface area contributed by atoms with Gasteiger partial charge in [-0.2, -0.15) is 0 Å². The normalized spacial score (nSPS) is 17.1. The number of aliphatic hydroxyl groups is 1. The number of carboxylic acid groups (broad SMARTS) is 1. The Morgan fingerprint density at radius 2 is 2.10 bits per heavy atom. The van der Waals surface area contributed by atoms with Crippen LogP contribution < -0.4 is 4.74 Å². The average Bonchev–Trinajstić information content (AvgIpc) is 2.90. The van der Waals surface area contributed by atoms with Crippen LogP contribution in [0.3, 0.4) is 0 Å². The van der Waals surface area contributed by atoms with Crippen molar-refractivity contribution in [1.29, 1.82) is 0 Å². The van der Waals surface area contributed by atoms with Crippen molar-refractivity contribution in [2.24, 2.45) is 5.92 Å². The molecule has 20 heavy (non-hydrogen) atoms. The predicted octanol–water partition coefficient (Wildman–Crippen LogP) is 3.31. The number of aliphatic hydroxyl groups excluding tert-OH is 1. The zero-order chi connectivity index (χ0) is 14.5. The van der Waals surface area contributed by atoms with E-state index in [1.807, 2.05) is 0 Å². The van der Waals surface area contributed by atoms with Gasteiger partial charge in [0.15, 0.2) is 0 Å². The Hall–Kier alpha value is -0.820. The molecule has 1 saturated carbocycles. The molecule has 1 aromatic rings. The number of carboxylic acids is 1. The van der Waals surface area contributed by atoms with Crippen LogP contribution >= 0.6 is 22.6 Å². The monoisotopic (exact) mass is 390 g/mol. The Morgan fingerprint density at radius 1 is 1.40 bits per heavy atom. The summed E-state index contributed by atoms with van der Waals surface area (Å²) < 4.78 is 6.34. The van der Waals surface area contributed by atoms with E-state index in [-0.39, 0.29) is 12.2 Å². The van der Waals surface area contributed by atoms with Crippen LogP contribution in [0.4, 0.5) is 0 Å². The third kappa shape index (κ3) is 4.34. The average molecular weight is 390 g/mol. The fourth-order valence-corrected chi connectivity index (χ4v) is 3.17. The second-order valence-corrected chi connectivity index (χ2v) is 6.54. The van der Waals surface area contributed by atoms with E-state index in [0.29, 0.717) is 11.7 Å². The minimum absolute atomic E-state index is 0.143. The summed E-state index contributed by atoms with van der Waals surface area (Å²) in [5, 5.41) is 19.1. The van der Waals surface area contributed by atoms with Gasteiger partial charge in [-0.25, -0.2) is 4.79 Å². The third-order valence-electron chi connectivity index (χ3n) is 3.68. The second-order valence-electron chi connectivity index (χ2n) is 5.30. The first kappa shape index (κ1) is 15.6. The van der Waals surface area contributed by atoms with Crippen LogP contribution in [0.2, 0.25) is 0 Å². The number of aromatic carboxylic acids is 1. The molecule has 1 atom stereocenters. The topological polar surface area (TPSA) is 66.8 Å². The minimum atomic E-state index is -1.01. The summed E-state index contributed by atoms with van der Waals surface area (Å²) in [6.45, 7) is 0.150. The van der Waals surface area contributed by atoms with Crippen molar-refractivity contribution in [3.8, 4) is 5.75 Å². The van der Waals surface area contributed by atoms with E-state index >= 15 is 0 Å². The fraction of sp³-hybridized carbons (Fsp3) is 0.533. The van der Waals surface area contributed by atoms with Crippen LogP contribution in [0.1, 0.15) is 42.5 Å². The highest BCUT2D eigenvalue weighted by atomic mass is 127. The third-order valence-corrected chi connectivity index (χ3v) is 4.35. The Labute approximate surface area is 132 Å². The zero-order valence-electron chi connectivity index (χ0n) is 11.2. The van der Waals surface area contributed by atoms with Gasteiger partial charge in [0.25, 0.3) is 0 Å². The van der Waals surface area contributed by atoms with E-state index in [2.05, 4.69) is 22.6 Å². The largest absolute Gasteiger partial charge is 0.490 e. The molecule has 1 aromatic carbocycles. The van der Waals surface area contributed by atoms with Crippen molar-refractivity contribution in [3.05, 3.63) is 27.3 Å². The number of benzene rings is 1. The molecular weight excluding hydrogens is 371 g/mol. The minimum Gasteiger partial charge on any atom is -0.490 e. The number of halogens is 1. The molecule has 0 aliphatic heterocycles. The smallest absolute Gasteiger partial charge is 0.339 e. The van der Waals surface area contributed by atoms with Gasteiger partial charge >= 0.3 is 5.97 Å². The first-order valence-corrected chi connectivity index (χ1v) is 7.98. The Bertz CT molecular complexity index is 469. The summed E-state index contributed by atoms with van der Waals surface area (Å²) in [5.41, 5.74) is 0.143. The summed E-state index contributed by atoms with van der Waals surface area (Å²) >= 11 is 2.06. The van der Waals surface area contributed by atoms with E-state index in [4.69, 9.17) is 9.84 Å². The molecule has 0 saturated heterocycles. The van der Waals surface area contributed by atoms with Crippen molar-refractivity contribution >= 4 is 28.6 Å². The molecule has 1 aliphatic carbocycles. The van der Waals surface area contributed by atoms with Crippen LogP contribution in [-0.2, 0) is 0 Å². The maximum Gasteiger partial charge on any atom is 0.339 e. The van der Waals surface area contributed by atoms with Crippen LogP contribution in [-0.4, -0.2) is 28.9 Å². The van der Waals surface area contributed by atoms with E-state index in [9.17, 15) is 9.90 Å². The van der Waals surface area contributed by atoms with Gasteiger partial charge in [0, 0.05) is 3.57 Å². The van der Waals surface area contributed by atoms with E-state index in [1.165, 1.54) is 25.7 Å². The molecule has 1 aliphatic rings. The van der Waals surface area contributed by atoms with Gasteiger partial charge < -0.3 is 14.9 Å². The summed E-state index contributed by atoms with van der Waals surface area (Å²) in [6.07, 6.45) is 5.07. The summed E-state index contributed by atoms with van der Waals surface area (Å²) in [5.74, 6) is -0.101. The van der Waals surface area contributed by atoms with Crippen molar-refractivity contribution in [2.45, 2.75) is 38.2 Å². The van der Waals surface area contributed by atoms with Crippen molar-refractivity contribution < 1.29 is 19.7 Å². The molecule has 110 valence electrons. The maximum atomic E-state index is 11.2. The van der Waals surface area contributed by atoms with Crippen LogP contribution in [0, 0.1) is 9.49 Å². The molecule has 0 aromatic heterocycles. The molecule has 0 radical (unpaired) electrons. The maximum absolute atomic E-state index is 11.2. The second kappa shape index (κ2) is 7.26. The SMILES string of the molecule is O=C(O)c1cc(I)ccc1OCC(O)CC1CCCC1. The summed E-state index contributed by atoms with van der Waals surface area (Å²) in [4.78, 5) is 11.2. The first-order valence-electron chi connectivity index (χ1n) is 6.90. The van der Waals surface area contributed by atoms with Gasteiger partial charge in [-0.15, -0.1) is 0 Å². The molecule has 1 fully saturated rings. The highest BCUT2D eigenvalue weighted by Gasteiger charge is 2.20. The molecule has 1 unspecified atom stereocenters. The lowest BCUT2D eigenvalue weighted by Gasteiger charge is -2.17. The highest BCUT2D eigenvalue weighted by molar-refractivity contribution is 14.1. The molecule has 4 nitrogen and oxygen atoms in total. The molecular formula is C15H19IO4. The van der Waals surface area contributed by atoms with Gasteiger partial charge in [0.05, 0.1) is 6.10 Å². The van der Waals surface area contributed by atoms with E-state index in [1.54, 1.807) is 18.2 Å². The van der Waals surface area contributed by atoms with Crippen molar-refractivity contribution in [2.75, 3.05) is 6.61 Å². The number of ether oxygens (including phenoxy) is 1. The number of carbonyl (C=O) groups is 1. The predicted molar refractivity (Wildman–Crippen MR) is 84.2 cm³/mol. The quantitative estimate of drug-likeness (QED) is 0.732. The molecule has 0 spiro atoms. The van der Waals surface area contributed by atoms with Gasteiger partial charge in [-0.05, 0) is 53.1 Å². The zero-order valence-corrected chi connectivity index (χ0v) is 13.4. The fourth-order valence-electron chi connectivity index (χ4n) is 2.68. The Morgan fingerprint density at radius 3 is 2.75 bits per heavy atom. The van der Waals surface area contributed by atoms with Gasteiger partial charge in [0.1, 0.15) is 17.9 Å². The van der Waals surface area contributed by atoms with Crippen LogP contribution in [0.25, 0.3) is 0 Å². The van der Waals surface area contributed by atoms with Gasteiger partial charge in [-0.1, -0.05) is 25.7 Å². The van der Waals surface area contributed by atoms with Crippen molar-refractivity contribution in [1.82, 2.24) is 0 Å². The van der Waals surface area contributed by atoms with Gasteiger partial charge in [0.2, 0.25) is 0 Å². The molecule has 0 heterocycles. The van der Waals surface area contributed by atoms with Gasteiger partial charge in [-0.3, -0.25) is 0 Å². The number of rotatable bonds is 6. The molecule has 0 bridgehead atoms. The number of hydrogen-bond donors (Lipinski definition) is 2. The first-order chi connectivity index (χ1) is 9.56. The molecule has 2 N–H and O–H groups in total. The standard InChI is InChI=1S/C15H19IO4/c16-11-5-6-14(13(8-11)15(18)19)20-9-12(17)7-10-3-1-2-4-10/h5-6,8,10,12,17H,1-4,7,9H2,(H,18,19). The van der Waals surface area contributed by atoms with E-state index in [0.717, 1.165) is 9.99 Å². The summed E-state index contributed by atoms with van der Waals surface area (Å²) in [7, 11) is 0.